The number of nitrogens with zero attached hydrogens (tertiary/aromatic N) is 2. The summed E-state index contributed by atoms with van der Waals surface area (Å²) in [5, 5.41) is 3.27. The van der Waals surface area contributed by atoms with Crippen LogP contribution in [0.4, 0.5) is 0 Å². The molecule has 0 bridgehead atoms. The summed E-state index contributed by atoms with van der Waals surface area (Å²) in [6.07, 6.45) is 1.18. The molecular weight excluding hydrogens is 254 g/mol. The summed E-state index contributed by atoms with van der Waals surface area (Å²) in [6.45, 7) is 5.24. The van der Waals surface area contributed by atoms with Crippen molar-refractivity contribution in [2.24, 2.45) is 5.92 Å². The number of carbonyl (C=O) groups excluding carboxylic acids is 2. The fraction of sp³-hybridized carbons (Fsp3) is 0.833. The van der Waals surface area contributed by atoms with Crippen LogP contribution in [-0.4, -0.2) is 60.9 Å². The van der Waals surface area contributed by atoms with Gasteiger partial charge in [0.1, 0.15) is 0 Å². The molecule has 2 saturated heterocycles. The molecule has 1 unspecified atom stereocenters. The maximum Gasteiger partial charge on any atom is 0.226 e. The molecule has 18 heavy (non-hydrogen) atoms. The second-order valence-electron chi connectivity index (χ2n) is 5.09. The Bertz CT molecular complexity index is 324. The van der Waals surface area contributed by atoms with Crippen LogP contribution in [0.15, 0.2) is 0 Å². The second kappa shape index (κ2) is 6.38. The first-order valence-electron chi connectivity index (χ1n) is 6.34. The van der Waals surface area contributed by atoms with Crippen LogP contribution in [0.25, 0.3) is 0 Å². The first kappa shape index (κ1) is 15.2. The molecule has 2 atom stereocenters. The molecule has 2 heterocycles. The van der Waals surface area contributed by atoms with Gasteiger partial charge in [-0.2, -0.15) is 0 Å². The van der Waals surface area contributed by atoms with Crippen LogP contribution in [0.2, 0.25) is 0 Å². The zero-order valence-corrected chi connectivity index (χ0v) is 11.8. The summed E-state index contributed by atoms with van der Waals surface area (Å²) in [5.74, 6) is 0.164. The maximum absolute atomic E-state index is 12.3. The molecule has 2 amide bonds. The number of hydrogen-bond donors (Lipinski definition) is 1. The average Bonchev–Trinajstić information content (AvgIpc) is 2.32. The summed E-state index contributed by atoms with van der Waals surface area (Å²) in [4.78, 5) is 27.6. The van der Waals surface area contributed by atoms with Crippen LogP contribution in [0.1, 0.15) is 19.8 Å². The highest BCUT2D eigenvalue weighted by Crippen LogP contribution is 2.21. The van der Waals surface area contributed by atoms with Crippen LogP contribution >= 0.6 is 12.4 Å². The van der Waals surface area contributed by atoms with Gasteiger partial charge in [0.15, 0.2) is 0 Å². The first-order valence-corrected chi connectivity index (χ1v) is 6.34. The van der Waals surface area contributed by atoms with E-state index in [1.165, 1.54) is 0 Å². The zero-order valence-electron chi connectivity index (χ0n) is 11.0. The van der Waals surface area contributed by atoms with Gasteiger partial charge in [0.25, 0.3) is 0 Å². The minimum Gasteiger partial charge on any atom is -0.346 e. The molecule has 0 spiro atoms. The lowest BCUT2D eigenvalue weighted by atomic mass is 9.94. The normalized spacial score (nSPS) is 28.9. The molecule has 2 fully saturated rings. The summed E-state index contributed by atoms with van der Waals surface area (Å²) < 4.78 is 0. The highest BCUT2D eigenvalue weighted by Gasteiger charge is 2.33. The number of hydrogen-bond acceptors (Lipinski definition) is 3. The molecule has 0 aromatic rings. The number of carbonyl (C=O) groups is 2. The molecule has 0 aliphatic carbocycles. The van der Waals surface area contributed by atoms with Crippen molar-refractivity contribution >= 4 is 24.2 Å². The van der Waals surface area contributed by atoms with Crippen molar-refractivity contribution in [1.29, 1.82) is 0 Å². The van der Waals surface area contributed by atoms with Crippen LogP contribution in [0.3, 0.4) is 0 Å². The lowest BCUT2D eigenvalue weighted by molar-refractivity contribution is -0.146. The SMILES string of the molecule is C[C@@H]1CNCCN1C(=O)C1CCN(C)C(=O)C1.Cl. The molecule has 0 saturated carbocycles. The number of piperidine rings is 1. The monoisotopic (exact) mass is 275 g/mol. The lowest BCUT2D eigenvalue weighted by Gasteiger charge is -2.38. The minimum absolute atomic E-state index is 0. The first-order chi connectivity index (χ1) is 8.09. The Kier molecular flexibility index (Phi) is 5.41. The van der Waals surface area contributed by atoms with E-state index in [4.69, 9.17) is 0 Å². The third-order valence-electron chi connectivity index (χ3n) is 3.79. The van der Waals surface area contributed by atoms with Crippen LogP contribution in [-0.2, 0) is 9.59 Å². The van der Waals surface area contributed by atoms with Gasteiger partial charge in [0, 0.05) is 51.6 Å². The van der Waals surface area contributed by atoms with Gasteiger partial charge in [-0.15, -0.1) is 12.4 Å². The predicted octanol–water partition coefficient (Wildman–Crippen LogP) is 0.0969. The molecule has 2 rings (SSSR count). The Morgan fingerprint density at radius 2 is 2.11 bits per heavy atom. The van der Waals surface area contributed by atoms with E-state index in [9.17, 15) is 9.59 Å². The molecule has 104 valence electrons. The number of amides is 2. The van der Waals surface area contributed by atoms with Gasteiger partial charge in [-0.3, -0.25) is 9.59 Å². The van der Waals surface area contributed by atoms with Gasteiger partial charge < -0.3 is 15.1 Å². The van der Waals surface area contributed by atoms with Crippen LogP contribution in [0.5, 0.6) is 0 Å². The number of likely N-dealkylation sites (tertiary alicyclic amines) is 1. The van der Waals surface area contributed by atoms with Crippen molar-refractivity contribution in [3.63, 3.8) is 0 Å². The molecule has 0 aromatic heterocycles. The van der Waals surface area contributed by atoms with E-state index in [1.807, 2.05) is 4.90 Å². The zero-order chi connectivity index (χ0) is 12.4. The van der Waals surface area contributed by atoms with Crippen molar-refractivity contribution in [3.05, 3.63) is 0 Å². The standard InChI is InChI=1S/C12H21N3O2.ClH/c1-9-8-13-4-6-15(9)12(17)10-3-5-14(2)11(16)7-10;/h9-10,13H,3-8H2,1-2H3;1H/t9-,10?;/m1./s1. The summed E-state index contributed by atoms with van der Waals surface area (Å²) in [7, 11) is 1.80. The van der Waals surface area contributed by atoms with Gasteiger partial charge in [0.2, 0.25) is 11.8 Å². The number of piperazine rings is 1. The predicted molar refractivity (Wildman–Crippen MR) is 71.7 cm³/mol. The van der Waals surface area contributed by atoms with E-state index in [-0.39, 0.29) is 36.2 Å². The van der Waals surface area contributed by atoms with Crippen molar-refractivity contribution < 1.29 is 9.59 Å². The van der Waals surface area contributed by atoms with Crippen LogP contribution < -0.4 is 5.32 Å². The Balaban J connectivity index is 0.00000162. The van der Waals surface area contributed by atoms with E-state index >= 15 is 0 Å². The van der Waals surface area contributed by atoms with E-state index < -0.39 is 0 Å². The topological polar surface area (TPSA) is 52.7 Å². The fourth-order valence-electron chi connectivity index (χ4n) is 2.56. The van der Waals surface area contributed by atoms with Gasteiger partial charge in [-0.05, 0) is 13.3 Å². The van der Waals surface area contributed by atoms with Crippen molar-refractivity contribution in [2.75, 3.05) is 33.2 Å². The lowest BCUT2D eigenvalue weighted by Crippen LogP contribution is -2.55. The molecule has 1 N–H and O–H groups in total. The molecule has 5 nitrogen and oxygen atoms in total. The quantitative estimate of drug-likeness (QED) is 0.738. The van der Waals surface area contributed by atoms with Crippen molar-refractivity contribution in [2.45, 2.75) is 25.8 Å². The molecular formula is C12H22ClN3O2. The van der Waals surface area contributed by atoms with Crippen molar-refractivity contribution in [3.8, 4) is 0 Å². The highest BCUT2D eigenvalue weighted by atomic mass is 35.5. The number of nitrogens with one attached hydrogen (secondary N) is 1. The third kappa shape index (κ3) is 3.14. The largest absolute Gasteiger partial charge is 0.346 e. The molecule has 0 aromatic carbocycles. The van der Waals surface area contributed by atoms with Gasteiger partial charge in [-0.25, -0.2) is 0 Å². The summed E-state index contributed by atoms with van der Waals surface area (Å²) >= 11 is 0. The van der Waals surface area contributed by atoms with Crippen molar-refractivity contribution in [1.82, 2.24) is 15.1 Å². The second-order valence-corrected chi connectivity index (χ2v) is 5.09. The Labute approximate surface area is 114 Å². The van der Waals surface area contributed by atoms with E-state index in [2.05, 4.69) is 12.2 Å². The minimum atomic E-state index is -0.0979. The maximum atomic E-state index is 12.3. The summed E-state index contributed by atoms with van der Waals surface area (Å²) in [5.41, 5.74) is 0. The third-order valence-corrected chi connectivity index (χ3v) is 3.79. The smallest absolute Gasteiger partial charge is 0.226 e. The summed E-state index contributed by atoms with van der Waals surface area (Å²) in [6, 6.07) is 0.242. The average molecular weight is 276 g/mol. The number of rotatable bonds is 1. The van der Waals surface area contributed by atoms with E-state index in [1.54, 1.807) is 11.9 Å². The van der Waals surface area contributed by atoms with Gasteiger partial charge in [0.05, 0.1) is 0 Å². The van der Waals surface area contributed by atoms with E-state index in [0.717, 1.165) is 26.1 Å². The number of halogens is 1. The van der Waals surface area contributed by atoms with Gasteiger partial charge in [-0.1, -0.05) is 0 Å². The van der Waals surface area contributed by atoms with Crippen LogP contribution in [0, 0.1) is 5.92 Å². The Hall–Kier alpha value is -0.810. The molecule has 0 radical (unpaired) electrons. The molecule has 6 heteroatoms. The highest BCUT2D eigenvalue weighted by molar-refractivity contribution is 5.87. The molecule has 2 aliphatic rings. The van der Waals surface area contributed by atoms with Gasteiger partial charge >= 0.3 is 0 Å². The molecule has 2 aliphatic heterocycles. The Morgan fingerprint density at radius 1 is 1.39 bits per heavy atom. The fourth-order valence-corrected chi connectivity index (χ4v) is 2.56. The Morgan fingerprint density at radius 3 is 2.72 bits per heavy atom. The van der Waals surface area contributed by atoms with E-state index in [0.29, 0.717) is 13.0 Å².